The molecule has 0 spiro atoms. The van der Waals surface area contributed by atoms with Gasteiger partial charge in [0.2, 0.25) is 0 Å². The molecule has 20 heavy (non-hydrogen) atoms. The number of hydrogen-bond donors (Lipinski definition) is 3. The van der Waals surface area contributed by atoms with Gasteiger partial charge in [-0.1, -0.05) is 23.7 Å². The molecule has 2 aromatic rings. The van der Waals surface area contributed by atoms with Gasteiger partial charge in [-0.3, -0.25) is 0 Å². The number of carboxylic acids is 1. The van der Waals surface area contributed by atoms with Crippen LogP contribution >= 0.6 is 22.9 Å². The van der Waals surface area contributed by atoms with E-state index in [-0.39, 0.29) is 16.3 Å². The fraction of sp³-hybridized carbons (Fsp3) is 0.0769. The van der Waals surface area contributed by atoms with Crippen LogP contribution in [0.2, 0.25) is 5.02 Å². The highest BCUT2D eigenvalue weighted by atomic mass is 35.5. The molecule has 0 unspecified atom stereocenters. The lowest BCUT2D eigenvalue weighted by atomic mass is 10.2. The highest BCUT2D eigenvalue weighted by Gasteiger charge is 2.15. The van der Waals surface area contributed by atoms with E-state index in [9.17, 15) is 9.59 Å². The van der Waals surface area contributed by atoms with E-state index in [4.69, 9.17) is 16.7 Å². The first kappa shape index (κ1) is 14.4. The Labute approximate surface area is 124 Å². The summed E-state index contributed by atoms with van der Waals surface area (Å²) in [6, 6.07) is 7.82. The first-order valence-corrected chi connectivity index (χ1v) is 6.92. The fourth-order valence-corrected chi connectivity index (χ4v) is 2.49. The second-order valence-corrected chi connectivity index (χ2v) is 5.29. The molecule has 0 bridgehead atoms. The molecule has 5 nitrogen and oxygen atoms in total. The third kappa shape index (κ3) is 3.49. The number of carbonyl (C=O) groups is 2. The number of anilines is 1. The Morgan fingerprint density at radius 2 is 2.05 bits per heavy atom. The van der Waals surface area contributed by atoms with E-state index in [1.165, 1.54) is 23.5 Å². The standard InChI is InChI=1S/C13H11ClN2O3S/c14-9-4-1-5-10(11(9)12(17)18)16-13(19)15-7-8-3-2-6-20-8/h1-6H,7H2,(H,17,18)(H2,15,16,19). The van der Waals surface area contributed by atoms with Crippen LogP contribution in [0.1, 0.15) is 15.2 Å². The van der Waals surface area contributed by atoms with Crippen molar-refractivity contribution in [2.45, 2.75) is 6.54 Å². The quantitative estimate of drug-likeness (QED) is 0.809. The third-order valence-corrected chi connectivity index (χ3v) is 3.67. The van der Waals surface area contributed by atoms with E-state index in [0.717, 1.165) is 4.88 Å². The van der Waals surface area contributed by atoms with Crippen molar-refractivity contribution >= 4 is 40.6 Å². The SMILES string of the molecule is O=C(NCc1cccs1)Nc1cccc(Cl)c1C(=O)O. The molecule has 0 aliphatic heterocycles. The summed E-state index contributed by atoms with van der Waals surface area (Å²) in [5.74, 6) is -1.19. The Bertz CT molecular complexity index is 629. The Balaban J connectivity index is 2.04. The van der Waals surface area contributed by atoms with Gasteiger partial charge in [-0.25, -0.2) is 9.59 Å². The van der Waals surface area contributed by atoms with Gasteiger partial charge in [0.25, 0.3) is 0 Å². The summed E-state index contributed by atoms with van der Waals surface area (Å²) >= 11 is 7.34. The molecule has 0 saturated carbocycles. The minimum absolute atomic E-state index is 0.0774. The van der Waals surface area contributed by atoms with Crippen LogP contribution in [0.5, 0.6) is 0 Å². The minimum Gasteiger partial charge on any atom is -0.478 e. The smallest absolute Gasteiger partial charge is 0.339 e. The van der Waals surface area contributed by atoms with Gasteiger partial charge in [0, 0.05) is 4.88 Å². The molecular weight excluding hydrogens is 300 g/mol. The first-order valence-electron chi connectivity index (χ1n) is 5.67. The fourth-order valence-electron chi connectivity index (χ4n) is 1.59. The summed E-state index contributed by atoms with van der Waals surface area (Å²) in [5, 5.41) is 16.2. The molecule has 0 saturated heterocycles. The molecule has 0 fully saturated rings. The number of amides is 2. The van der Waals surface area contributed by atoms with E-state index in [0.29, 0.717) is 6.54 Å². The first-order chi connectivity index (χ1) is 9.58. The van der Waals surface area contributed by atoms with Gasteiger partial charge in [0.1, 0.15) is 5.56 Å². The van der Waals surface area contributed by atoms with E-state index in [1.807, 2.05) is 17.5 Å². The molecule has 0 atom stereocenters. The number of benzene rings is 1. The molecular formula is C13H11ClN2O3S. The lowest BCUT2D eigenvalue weighted by Gasteiger charge is -2.10. The number of nitrogens with one attached hydrogen (secondary N) is 2. The Morgan fingerprint density at radius 3 is 2.70 bits per heavy atom. The zero-order valence-corrected chi connectivity index (χ0v) is 11.8. The average Bonchev–Trinajstić information content (AvgIpc) is 2.89. The molecule has 2 amide bonds. The van der Waals surface area contributed by atoms with Gasteiger partial charge < -0.3 is 15.7 Å². The number of carbonyl (C=O) groups excluding carboxylic acids is 1. The molecule has 7 heteroatoms. The van der Waals surface area contributed by atoms with Crippen molar-refractivity contribution in [2.75, 3.05) is 5.32 Å². The van der Waals surface area contributed by atoms with E-state index < -0.39 is 12.0 Å². The topological polar surface area (TPSA) is 78.4 Å². The largest absolute Gasteiger partial charge is 0.478 e. The minimum atomic E-state index is -1.19. The maximum atomic E-state index is 11.7. The molecule has 104 valence electrons. The summed E-state index contributed by atoms with van der Waals surface area (Å²) in [5.41, 5.74) is 0.0362. The molecule has 0 aliphatic rings. The van der Waals surface area contributed by atoms with Crippen molar-refractivity contribution in [1.82, 2.24) is 5.32 Å². The molecule has 1 aromatic heterocycles. The normalized spacial score (nSPS) is 10.1. The van der Waals surface area contributed by atoms with Crippen LogP contribution in [0.3, 0.4) is 0 Å². The molecule has 1 aromatic carbocycles. The van der Waals surface area contributed by atoms with Crippen LogP contribution in [0, 0.1) is 0 Å². The van der Waals surface area contributed by atoms with Crippen LogP contribution < -0.4 is 10.6 Å². The van der Waals surface area contributed by atoms with Crippen molar-refractivity contribution in [3.05, 3.63) is 51.2 Å². The van der Waals surface area contributed by atoms with Gasteiger partial charge in [-0.2, -0.15) is 0 Å². The number of urea groups is 1. The Kier molecular flexibility index (Phi) is 4.60. The number of hydrogen-bond acceptors (Lipinski definition) is 3. The lowest BCUT2D eigenvalue weighted by molar-refractivity contribution is 0.0698. The van der Waals surface area contributed by atoms with Crippen LogP contribution in [-0.4, -0.2) is 17.1 Å². The van der Waals surface area contributed by atoms with Crippen molar-refractivity contribution in [2.24, 2.45) is 0 Å². The zero-order chi connectivity index (χ0) is 14.5. The Hall–Kier alpha value is -2.05. The number of rotatable bonds is 4. The van der Waals surface area contributed by atoms with Crippen LogP contribution in [0.15, 0.2) is 35.7 Å². The Morgan fingerprint density at radius 1 is 1.25 bits per heavy atom. The van der Waals surface area contributed by atoms with Crippen molar-refractivity contribution in [3.63, 3.8) is 0 Å². The highest BCUT2D eigenvalue weighted by Crippen LogP contribution is 2.24. The highest BCUT2D eigenvalue weighted by molar-refractivity contribution is 7.09. The van der Waals surface area contributed by atoms with E-state index >= 15 is 0 Å². The molecule has 0 radical (unpaired) electrons. The number of aromatic carboxylic acids is 1. The molecule has 1 heterocycles. The van der Waals surface area contributed by atoms with Crippen molar-refractivity contribution in [1.29, 1.82) is 0 Å². The lowest BCUT2D eigenvalue weighted by Crippen LogP contribution is -2.28. The van der Waals surface area contributed by atoms with Crippen LogP contribution in [0.25, 0.3) is 0 Å². The monoisotopic (exact) mass is 310 g/mol. The number of thiophene rings is 1. The van der Waals surface area contributed by atoms with Gasteiger partial charge in [-0.15, -0.1) is 11.3 Å². The van der Waals surface area contributed by atoms with Gasteiger partial charge in [0.15, 0.2) is 0 Å². The van der Waals surface area contributed by atoms with Gasteiger partial charge in [-0.05, 0) is 23.6 Å². The molecule has 2 rings (SSSR count). The van der Waals surface area contributed by atoms with Crippen LogP contribution in [0.4, 0.5) is 10.5 Å². The predicted molar refractivity (Wildman–Crippen MR) is 78.6 cm³/mol. The zero-order valence-electron chi connectivity index (χ0n) is 10.2. The maximum Gasteiger partial charge on any atom is 0.339 e. The predicted octanol–water partition coefficient (Wildman–Crippen LogP) is 3.42. The van der Waals surface area contributed by atoms with E-state index in [2.05, 4.69) is 10.6 Å². The number of carboxylic acid groups (broad SMARTS) is 1. The van der Waals surface area contributed by atoms with Crippen LogP contribution in [-0.2, 0) is 6.54 Å². The summed E-state index contributed by atoms with van der Waals surface area (Å²) < 4.78 is 0. The van der Waals surface area contributed by atoms with Crippen molar-refractivity contribution in [3.8, 4) is 0 Å². The average molecular weight is 311 g/mol. The summed E-state index contributed by atoms with van der Waals surface area (Å²) in [6.07, 6.45) is 0. The second kappa shape index (κ2) is 6.40. The number of halogens is 1. The summed E-state index contributed by atoms with van der Waals surface area (Å²) in [7, 11) is 0. The molecule has 3 N–H and O–H groups in total. The van der Waals surface area contributed by atoms with Gasteiger partial charge in [0.05, 0.1) is 17.3 Å². The molecule has 0 aliphatic carbocycles. The third-order valence-electron chi connectivity index (χ3n) is 2.48. The maximum absolute atomic E-state index is 11.7. The van der Waals surface area contributed by atoms with E-state index in [1.54, 1.807) is 6.07 Å². The van der Waals surface area contributed by atoms with Gasteiger partial charge >= 0.3 is 12.0 Å². The summed E-state index contributed by atoms with van der Waals surface area (Å²) in [4.78, 5) is 23.9. The summed E-state index contributed by atoms with van der Waals surface area (Å²) in [6.45, 7) is 0.381. The second-order valence-electron chi connectivity index (χ2n) is 3.85. The van der Waals surface area contributed by atoms with Crippen molar-refractivity contribution < 1.29 is 14.7 Å².